The van der Waals surface area contributed by atoms with Gasteiger partial charge in [-0.05, 0) is 23.8 Å². The highest BCUT2D eigenvalue weighted by molar-refractivity contribution is 6.10. The summed E-state index contributed by atoms with van der Waals surface area (Å²) in [5.74, 6) is -0.545. The van der Waals surface area contributed by atoms with Crippen LogP contribution in [0.3, 0.4) is 0 Å². The molecule has 3 rings (SSSR count). The molecule has 1 aliphatic rings. The van der Waals surface area contributed by atoms with E-state index >= 15 is 0 Å². The molecule has 1 heterocycles. The molecule has 0 fully saturated rings. The molecule has 0 unspecified atom stereocenters. The molecule has 0 bridgehead atoms. The summed E-state index contributed by atoms with van der Waals surface area (Å²) in [7, 11) is 3.26. The zero-order chi connectivity index (χ0) is 19.6. The smallest absolute Gasteiger partial charge is 0.259 e. The largest absolute Gasteiger partial charge is 0.355 e. The molecular weight excluding hydrogens is 342 g/mol. The van der Waals surface area contributed by atoms with Gasteiger partial charge in [0.15, 0.2) is 0 Å². The fraction of sp³-hybridized carbons (Fsp3) is 0.190. The van der Waals surface area contributed by atoms with Crippen LogP contribution in [0.1, 0.15) is 31.8 Å². The van der Waals surface area contributed by atoms with Gasteiger partial charge in [-0.2, -0.15) is 0 Å². The molecule has 0 spiro atoms. The van der Waals surface area contributed by atoms with Crippen LogP contribution in [0.5, 0.6) is 0 Å². The van der Waals surface area contributed by atoms with Crippen LogP contribution in [-0.2, 0) is 11.3 Å². The molecule has 6 heteroatoms. The maximum absolute atomic E-state index is 12.6. The first-order valence-corrected chi connectivity index (χ1v) is 8.57. The summed E-state index contributed by atoms with van der Waals surface area (Å²) in [6.07, 6.45) is 0. The van der Waals surface area contributed by atoms with Gasteiger partial charge < -0.3 is 10.2 Å². The van der Waals surface area contributed by atoms with Crippen LogP contribution in [0.15, 0.2) is 55.1 Å². The van der Waals surface area contributed by atoms with Crippen molar-refractivity contribution in [2.75, 3.05) is 20.6 Å². The second kappa shape index (κ2) is 7.45. The topological polar surface area (TPSA) is 69.7 Å². The Morgan fingerprint density at radius 2 is 1.70 bits per heavy atom. The molecule has 3 amide bonds. The third-order valence-corrected chi connectivity index (χ3v) is 4.62. The fourth-order valence-electron chi connectivity index (χ4n) is 3.03. The Hall–Kier alpha value is -3.41. The van der Waals surface area contributed by atoms with Crippen molar-refractivity contribution in [1.29, 1.82) is 0 Å². The highest BCUT2D eigenvalue weighted by Gasteiger charge is 2.32. The van der Waals surface area contributed by atoms with Crippen LogP contribution >= 0.6 is 0 Å². The molecule has 1 aliphatic heterocycles. The Labute approximate surface area is 158 Å². The van der Waals surface area contributed by atoms with Crippen molar-refractivity contribution in [3.63, 3.8) is 0 Å². The third kappa shape index (κ3) is 3.60. The number of amides is 3. The number of nitrogens with zero attached hydrogens (tertiary/aromatic N) is 2. The molecule has 0 aliphatic carbocycles. The standard InChI is InChI=1S/C21H21N3O3/c1-14-17-6-4-5-7-18(17)21(27)24(14)13-19(25)23(3)12-15-8-10-16(11-9-15)20(26)22-2/h4-11H,1,12-13H2,2-3H3,(H,22,26). The lowest BCUT2D eigenvalue weighted by Gasteiger charge is -2.22. The number of fused-ring (bicyclic) bond motifs is 1. The third-order valence-electron chi connectivity index (χ3n) is 4.62. The predicted molar refractivity (Wildman–Crippen MR) is 103 cm³/mol. The summed E-state index contributed by atoms with van der Waals surface area (Å²) in [4.78, 5) is 39.7. The summed E-state index contributed by atoms with van der Waals surface area (Å²) in [5.41, 5.74) is 3.35. The highest BCUT2D eigenvalue weighted by Crippen LogP contribution is 2.30. The van der Waals surface area contributed by atoms with Gasteiger partial charge in [0, 0.05) is 43.0 Å². The Kier molecular flexibility index (Phi) is 5.07. The molecule has 0 aromatic heterocycles. The molecular formula is C21H21N3O3. The summed E-state index contributed by atoms with van der Waals surface area (Å²) >= 11 is 0. The molecule has 2 aromatic rings. The van der Waals surface area contributed by atoms with Crippen molar-refractivity contribution in [3.05, 3.63) is 77.4 Å². The number of hydrogen-bond acceptors (Lipinski definition) is 3. The fourth-order valence-corrected chi connectivity index (χ4v) is 3.03. The predicted octanol–water partition coefficient (Wildman–Crippen LogP) is 2.13. The number of hydrogen-bond donors (Lipinski definition) is 1. The second-order valence-corrected chi connectivity index (χ2v) is 6.41. The molecule has 138 valence electrons. The molecule has 0 radical (unpaired) electrons. The Morgan fingerprint density at radius 3 is 2.30 bits per heavy atom. The minimum atomic E-state index is -0.202. The van der Waals surface area contributed by atoms with Gasteiger partial charge in [-0.15, -0.1) is 0 Å². The molecule has 0 atom stereocenters. The lowest BCUT2D eigenvalue weighted by Crippen LogP contribution is -2.37. The van der Waals surface area contributed by atoms with Gasteiger partial charge in [0.1, 0.15) is 6.54 Å². The van der Waals surface area contributed by atoms with Crippen molar-refractivity contribution in [2.45, 2.75) is 6.54 Å². The molecule has 27 heavy (non-hydrogen) atoms. The number of carbonyl (C=O) groups excluding carboxylic acids is 3. The van der Waals surface area contributed by atoms with Gasteiger partial charge in [0.25, 0.3) is 11.8 Å². The van der Waals surface area contributed by atoms with E-state index in [1.807, 2.05) is 24.3 Å². The number of benzene rings is 2. The Morgan fingerprint density at radius 1 is 1.07 bits per heavy atom. The van der Waals surface area contributed by atoms with Gasteiger partial charge in [0.05, 0.1) is 0 Å². The van der Waals surface area contributed by atoms with E-state index in [0.717, 1.165) is 11.1 Å². The zero-order valence-electron chi connectivity index (χ0n) is 15.4. The van der Waals surface area contributed by atoms with E-state index in [9.17, 15) is 14.4 Å². The molecule has 0 saturated heterocycles. The first-order chi connectivity index (χ1) is 12.9. The monoisotopic (exact) mass is 363 g/mol. The average molecular weight is 363 g/mol. The molecule has 6 nitrogen and oxygen atoms in total. The average Bonchev–Trinajstić information content (AvgIpc) is 2.93. The zero-order valence-corrected chi connectivity index (χ0v) is 15.4. The highest BCUT2D eigenvalue weighted by atomic mass is 16.2. The maximum Gasteiger partial charge on any atom is 0.259 e. The van der Waals surface area contributed by atoms with Crippen LogP contribution in [0.2, 0.25) is 0 Å². The number of likely N-dealkylation sites (N-methyl/N-ethyl adjacent to an activating group) is 1. The van der Waals surface area contributed by atoms with E-state index in [0.29, 0.717) is 23.4 Å². The number of rotatable bonds is 5. The van der Waals surface area contributed by atoms with Crippen LogP contribution in [0.25, 0.3) is 5.70 Å². The van der Waals surface area contributed by atoms with E-state index in [-0.39, 0.29) is 24.3 Å². The van der Waals surface area contributed by atoms with E-state index in [1.165, 1.54) is 4.90 Å². The van der Waals surface area contributed by atoms with Gasteiger partial charge >= 0.3 is 0 Å². The summed E-state index contributed by atoms with van der Waals surface area (Å²) in [6, 6.07) is 14.3. The summed E-state index contributed by atoms with van der Waals surface area (Å²) < 4.78 is 0. The minimum Gasteiger partial charge on any atom is -0.355 e. The Balaban J connectivity index is 1.64. The first kappa shape index (κ1) is 18.4. The lowest BCUT2D eigenvalue weighted by atomic mass is 10.1. The van der Waals surface area contributed by atoms with E-state index in [4.69, 9.17) is 0 Å². The van der Waals surface area contributed by atoms with E-state index < -0.39 is 0 Å². The van der Waals surface area contributed by atoms with Crippen molar-refractivity contribution in [3.8, 4) is 0 Å². The summed E-state index contributed by atoms with van der Waals surface area (Å²) in [6.45, 7) is 4.28. The number of carbonyl (C=O) groups is 3. The van der Waals surface area contributed by atoms with Crippen LogP contribution in [0, 0.1) is 0 Å². The van der Waals surface area contributed by atoms with E-state index in [1.54, 1.807) is 43.3 Å². The second-order valence-electron chi connectivity index (χ2n) is 6.41. The molecule has 2 aromatic carbocycles. The minimum absolute atomic E-state index is 0.0564. The first-order valence-electron chi connectivity index (χ1n) is 8.57. The Bertz CT molecular complexity index is 884. The van der Waals surface area contributed by atoms with Gasteiger partial charge in [0.2, 0.25) is 5.91 Å². The van der Waals surface area contributed by atoms with E-state index in [2.05, 4.69) is 11.9 Å². The quantitative estimate of drug-likeness (QED) is 0.885. The maximum atomic E-state index is 12.6. The SMILES string of the molecule is C=C1c2ccccc2C(=O)N1CC(=O)N(C)Cc1ccc(C(=O)NC)cc1. The lowest BCUT2D eigenvalue weighted by molar-refractivity contribution is -0.130. The normalized spacial score (nSPS) is 12.7. The van der Waals surface area contributed by atoms with Crippen LogP contribution in [-0.4, -0.2) is 48.2 Å². The van der Waals surface area contributed by atoms with Gasteiger partial charge in [-0.1, -0.05) is 36.9 Å². The molecule has 0 saturated carbocycles. The number of nitrogens with one attached hydrogen (secondary N) is 1. The van der Waals surface area contributed by atoms with Crippen LogP contribution in [0.4, 0.5) is 0 Å². The van der Waals surface area contributed by atoms with Gasteiger partial charge in [-0.3, -0.25) is 19.3 Å². The summed E-state index contributed by atoms with van der Waals surface area (Å²) in [5, 5.41) is 2.57. The van der Waals surface area contributed by atoms with Crippen molar-refractivity contribution in [2.24, 2.45) is 0 Å². The van der Waals surface area contributed by atoms with Gasteiger partial charge in [-0.25, -0.2) is 0 Å². The van der Waals surface area contributed by atoms with Crippen molar-refractivity contribution >= 4 is 23.4 Å². The van der Waals surface area contributed by atoms with Crippen molar-refractivity contribution in [1.82, 2.24) is 15.1 Å². The van der Waals surface area contributed by atoms with Crippen molar-refractivity contribution < 1.29 is 14.4 Å². The molecule has 1 N–H and O–H groups in total. The van der Waals surface area contributed by atoms with Crippen LogP contribution < -0.4 is 5.32 Å².